The molecule has 0 aromatic carbocycles. The molecule has 0 bridgehead atoms. The third-order valence-corrected chi connectivity index (χ3v) is 0.655. The summed E-state index contributed by atoms with van der Waals surface area (Å²) in [4.78, 5) is 0. The van der Waals surface area contributed by atoms with Crippen LogP contribution in [0.2, 0.25) is 0 Å². The van der Waals surface area contributed by atoms with E-state index in [4.69, 9.17) is 10.2 Å². The molecular weight excluding hydrogens is 164 g/mol. The van der Waals surface area contributed by atoms with Crippen LogP contribution in [-0.2, 0) is 21.7 Å². The Morgan fingerprint density at radius 3 is 1.30 bits per heavy atom. The Hall–Kier alpha value is 0.114. The molecule has 0 saturated carbocycles. The van der Waals surface area contributed by atoms with Crippen LogP contribution in [-0.4, -0.2) is 24.4 Å². The van der Waals surface area contributed by atoms with Gasteiger partial charge in [0.25, 0.3) is 0 Å². The van der Waals surface area contributed by atoms with Crippen molar-refractivity contribution in [1.29, 1.82) is 0 Å². The molecule has 1 rings (SSSR count). The molecule has 0 fully saturated rings. The second-order valence-electron chi connectivity index (χ2n) is 1.09. The fraction of sp³-hybridized carbons (Fsp3) is 0.429. The van der Waals surface area contributed by atoms with E-state index in [1.54, 1.807) is 0 Å². The minimum atomic E-state index is 0. The maximum atomic E-state index is 7.00. The first-order valence-electron chi connectivity index (χ1n) is 2.71. The molecule has 0 atom stereocenters. The van der Waals surface area contributed by atoms with Gasteiger partial charge in [-0.05, 0) is 6.42 Å². The average molecular weight is 178 g/mol. The second-order valence-corrected chi connectivity index (χ2v) is 1.09. The van der Waals surface area contributed by atoms with E-state index < -0.39 is 0 Å². The van der Waals surface area contributed by atoms with Gasteiger partial charge in [0, 0.05) is 35.9 Å². The fourth-order valence-corrected chi connectivity index (χ4v) is 0.393. The van der Waals surface area contributed by atoms with Crippen LogP contribution in [0.25, 0.3) is 0 Å². The van der Waals surface area contributed by atoms with Gasteiger partial charge in [-0.15, -0.1) is 0 Å². The summed E-state index contributed by atoms with van der Waals surface area (Å²) in [6, 6.07) is 0. The van der Waals surface area contributed by atoms with Crippen molar-refractivity contribution < 1.29 is 31.9 Å². The van der Waals surface area contributed by atoms with Crippen LogP contribution in [0, 0.1) is 0 Å². The van der Waals surface area contributed by atoms with E-state index >= 15 is 0 Å². The quantitative estimate of drug-likeness (QED) is 0.536. The van der Waals surface area contributed by atoms with E-state index in [0.717, 1.165) is 20.6 Å². The molecule has 0 aromatic rings. The van der Waals surface area contributed by atoms with Crippen molar-refractivity contribution in [1.82, 2.24) is 0 Å². The third kappa shape index (κ3) is 15.7. The molecule has 0 aromatic heterocycles. The number of rotatable bonds is 0. The van der Waals surface area contributed by atoms with Gasteiger partial charge in [-0.3, -0.25) is 0 Å². The molecule has 1 aliphatic rings. The van der Waals surface area contributed by atoms with E-state index in [2.05, 4.69) is 24.3 Å². The van der Waals surface area contributed by atoms with Crippen LogP contribution in [0.15, 0.2) is 24.3 Å². The van der Waals surface area contributed by atoms with Crippen molar-refractivity contribution in [3.8, 4) is 0 Å². The minimum Gasteiger partial charge on any atom is -0.400 e. The molecule has 3 heteroatoms. The summed E-state index contributed by atoms with van der Waals surface area (Å²) in [6.45, 7) is 0. The van der Waals surface area contributed by atoms with Gasteiger partial charge in [0.2, 0.25) is 0 Å². The molecule has 0 aliphatic heterocycles. The SMILES string of the molecule is C1=CCC=C1.CO.CO.[Ti]. The summed E-state index contributed by atoms with van der Waals surface area (Å²) in [7, 11) is 2.00. The van der Waals surface area contributed by atoms with E-state index in [1.165, 1.54) is 0 Å². The molecule has 0 saturated heterocycles. The van der Waals surface area contributed by atoms with Crippen molar-refractivity contribution in [3.63, 3.8) is 0 Å². The first-order chi connectivity index (χ1) is 4.50. The zero-order valence-corrected chi connectivity index (χ0v) is 7.97. The van der Waals surface area contributed by atoms with Crippen molar-refractivity contribution in [3.05, 3.63) is 24.3 Å². The summed E-state index contributed by atoms with van der Waals surface area (Å²) >= 11 is 0. The topological polar surface area (TPSA) is 40.5 Å². The maximum absolute atomic E-state index is 7.00. The Labute approximate surface area is 77.2 Å². The van der Waals surface area contributed by atoms with Crippen LogP contribution < -0.4 is 0 Å². The van der Waals surface area contributed by atoms with E-state index in [-0.39, 0.29) is 21.7 Å². The predicted octanol–water partition coefficient (Wildman–Crippen LogP) is 0.717. The van der Waals surface area contributed by atoms with Gasteiger partial charge in [-0.25, -0.2) is 0 Å². The molecule has 1 aliphatic carbocycles. The van der Waals surface area contributed by atoms with E-state index in [1.807, 2.05) is 0 Å². The summed E-state index contributed by atoms with van der Waals surface area (Å²) in [5.74, 6) is 0. The van der Waals surface area contributed by atoms with Gasteiger partial charge in [0.1, 0.15) is 0 Å². The van der Waals surface area contributed by atoms with E-state index in [9.17, 15) is 0 Å². The Kier molecular flexibility index (Phi) is 38.1. The first kappa shape index (κ1) is 16.6. The van der Waals surface area contributed by atoms with Gasteiger partial charge in [0.15, 0.2) is 0 Å². The van der Waals surface area contributed by atoms with Gasteiger partial charge in [-0.2, -0.15) is 0 Å². The van der Waals surface area contributed by atoms with Crippen LogP contribution in [0.5, 0.6) is 0 Å². The number of hydrogen-bond donors (Lipinski definition) is 2. The van der Waals surface area contributed by atoms with Crippen LogP contribution >= 0.6 is 0 Å². The fourth-order valence-electron chi connectivity index (χ4n) is 0.393. The smallest absolute Gasteiger partial charge is 0.0319 e. The molecule has 0 unspecified atom stereocenters. The number of aliphatic hydroxyl groups is 2. The zero-order chi connectivity index (χ0) is 7.54. The summed E-state index contributed by atoms with van der Waals surface area (Å²) < 4.78 is 0. The molecule has 0 spiro atoms. The Balaban J connectivity index is -0.0000000875. The van der Waals surface area contributed by atoms with E-state index in [0.29, 0.717) is 0 Å². The maximum Gasteiger partial charge on any atom is 0.0319 e. The van der Waals surface area contributed by atoms with Crippen LogP contribution in [0.4, 0.5) is 0 Å². The zero-order valence-electron chi connectivity index (χ0n) is 6.41. The number of hydrogen-bond acceptors (Lipinski definition) is 2. The van der Waals surface area contributed by atoms with Crippen LogP contribution in [0.1, 0.15) is 6.42 Å². The first-order valence-corrected chi connectivity index (χ1v) is 2.71. The van der Waals surface area contributed by atoms with Crippen molar-refractivity contribution in [2.24, 2.45) is 0 Å². The summed E-state index contributed by atoms with van der Waals surface area (Å²) in [6.07, 6.45) is 9.50. The van der Waals surface area contributed by atoms with Gasteiger partial charge < -0.3 is 10.2 Å². The molecule has 0 amide bonds. The molecule has 2 nitrogen and oxygen atoms in total. The molecule has 58 valence electrons. The monoisotopic (exact) mass is 178 g/mol. The molecule has 10 heavy (non-hydrogen) atoms. The standard InChI is InChI=1S/C5H6.2CH4O.Ti/c1-2-4-5-3-1;2*1-2;/h1-4H,5H2;2*2H,1H3;. The Morgan fingerprint density at radius 2 is 1.20 bits per heavy atom. The molecular formula is C7H14O2Ti. The van der Waals surface area contributed by atoms with Crippen molar-refractivity contribution >= 4 is 0 Å². The van der Waals surface area contributed by atoms with Gasteiger partial charge in [-0.1, -0.05) is 24.3 Å². The average Bonchev–Trinajstić information content (AvgIpc) is 2.51. The molecule has 2 N–H and O–H groups in total. The van der Waals surface area contributed by atoms with Crippen molar-refractivity contribution in [2.75, 3.05) is 14.2 Å². The largest absolute Gasteiger partial charge is 0.400 e. The Morgan fingerprint density at radius 1 is 0.900 bits per heavy atom. The number of aliphatic hydroxyl groups excluding tert-OH is 2. The second kappa shape index (κ2) is 22.9. The Bertz CT molecular complexity index is 69.7. The van der Waals surface area contributed by atoms with Gasteiger partial charge in [0.05, 0.1) is 0 Å². The summed E-state index contributed by atoms with van der Waals surface area (Å²) in [5, 5.41) is 14.0. The predicted molar refractivity (Wildman–Crippen MR) is 39.2 cm³/mol. The van der Waals surface area contributed by atoms with Crippen LogP contribution in [0.3, 0.4) is 0 Å². The minimum absolute atomic E-state index is 0. The van der Waals surface area contributed by atoms with Crippen molar-refractivity contribution in [2.45, 2.75) is 6.42 Å². The number of allylic oxidation sites excluding steroid dienone is 4. The third-order valence-electron chi connectivity index (χ3n) is 0.655. The molecule has 0 radical (unpaired) electrons. The molecule has 0 heterocycles. The normalized spacial score (nSPS) is 10.0. The van der Waals surface area contributed by atoms with Gasteiger partial charge >= 0.3 is 0 Å². The summed E-state index contributed by atoms with van der Waals surface area (Å²) in [5.41, 5.74) is 0.